The molecule has 2 N–H and O–H groups in total. The molecule has 0 radical (unpaired) electrons. The minimum absolute atomic E-state index is 0.297. The predicted molar refractivity (Wildman–Crippen MR) is 75.8 cm³/mol. The third kappa shape index (κ3) is 3.71. The summed E-state index contributed by atoms with van der Waals surface area (Å²) in [6.07, 6.45) is 1.86. The summed E-state index contributed by atoms with van der Waals surface area (Å²) < 4.78 is 18.8. The average Bonchev–Trinajstić information content (AvgIpc) is 2.41. The first-order valence-electron chi connectivity index (χ1n) is 6.39. The van der Waals surface area contributed by atoms with Crippen molar-refractivity contribution in [3.8, 4) is 5.75 Å². The van der Waals surface area contributed by atoms with E-state index >= 15 is 0 Å². The molecular weight excluding hydrogens is 241 g/mol. The van der Waals surface area contributed by atoms with E-state index in [-0.39, 0.29) is 5.82 Å². The molecule has 0 aromatic heterocycles. The van der Waals surface area contributed by atoms with Crippen LogP contribution in [0.4, 0.5) is 10.1 Å². The maximum absolute atomic E-state index is 13.2. The van der Waals surface area contributed by atoms with Crippen LogP contribution in [0.1, 0.15) is 17.5 Å². The third-order valence-electron chi connectivity index (χ3n) is 3.00. The van der Waals surface area contributed by atoms with E-state index in [4.69, 9.17) is 10.5 Å². The molecule has 2 rings (SSSR count). The van der Waals surface area contributed by atoms with E-state index in [1.165, 1.54) is 11.6 Å². The number of hydrogen-bond acceptors (Lipinski definition) is 2. The Balaban J connectivity index is 1.85. The van der Waals surface area contributed by atoms with E-state index in [1.807, 2.05) is 18.2 Å². The molecule has 19 heavy (non-hydrogen) atoms. The van der Waals surface area contributed by atoms with Crippen LogP contribution in [0.2, 0.25) is 0 Å². The summed E-state index contributed by atoms with van der Waals surface area (Å²) >= 11 is 0. The van der Waals surface area contributed by atoms with Crippen LogP contribution in [0.25, 0.3) is 0 Å². The van der Waals surface area contributed by atoms with Gasteiger partial charge in [0.2, 0.25) is 0 Å². The molecule has 0 aliphatic carbocycles. The Hall–Kier alpha value is -2.03. The molecule has 2 nitrogen and oxygen atoms in total. The number of halogens is 1. The smallest absolute Gasteiger partial charge is 0.142 e. The molecule has 0 spiro atoms. The SMILES string of the molecule is Cc1cc(OCCCc2ccccc2)c(N)cc1F. The van der Waals surface area contributed by atoms with Crippen LogP contribution in [0.5, 0.6) is 5.75 Å². The fourth-order valence-corrected chi connectivity index (χ4v) is 1.90. The van der Waals surface area contributed by atoms with E-state index in [0.717, 1.165) is 12.8 Å². The van der Waals surface area contributed by atoms with Crippen molar-refractivity contribution in [2.24, 2.45) is 0 Å². The number of hydrogen-bond donors (Lipinski definition) is 1. The monoisotopic (exact) mass is 259 g/mol. The van der Waals surface area contributed by atoms with E-state index in [0.29, 0.717) is 23.6 Å². The van der Waals surface area contributed by atoms with Crippen LogP contribution in [0.3, 0.4) is 0 Å². The highest BCUT2D eigenvalue weighted by Gasteiger charge is 2.05. The normalized spacial score (nSPS) is 10.4. The topological polar surface area (TPSA) is 35.2 Å². The summed E-state index contributed by atoms with van der Waals surface area (Å²) in [5.74, 6) is 0.265. The molecule has 3 heteroatoms. The molecule has 2 aromatic rings. The van der Waals surface area contributed by atoms with Crippen molar-refractivity contribution in [3.05, 3.63) is 59.4 Å². The molecule has 0 heterocycles. The number of aryl methyl sites for hydroxylation is 2. The second kappa shape index (κ2) is 6.23. The van der Waals surface area contributed by atoms with Gasteiger partial charge in [0.1, 0.15) is 11.6 Å². The van der Waals surface area contributed by atoms with Crippen molar-refractivity contribution in [1.29, 1.82) is 0 Å². The highest BCUT2D eigenvalue weighted by molar-refractivity contribution is 5.54. The number of benzene rings is 2. The van der Waals surface area contributed by atoms with Gasteiger partial charge in [-0.25, -0.2) is 4.39 Å². The first-order chi connectivity index (χ1) is 9.16. The predicted octanol–water partition coefficient (Wildman–Crippen LogP) is 3.73. The molecule has 0 saturated carbocycles. The molecule has 0 amide bonds. The minimum atomic E-state index is -0.297. The number of anilines is 1. The Morgan fingerprint density at radius 3 is 2.63 bits per heavy atom. The quantitative estimate of drug-likeness (QED) is 0.656. The van der Waals surface area contributed by atoms with Crippen LogP contribution >= 0.6 is 0 Å². The average molecular weight is 259 g/mol. The fraction of sp³-hybridized carbons (Fsp3) is 0.250. The number of nitrogens with two attached hydrogens (primary N) is 1. The van der Waals surface area contributed by atoms with Crippen LogP contribution in [0.15, 0.2) is 42.5 Å². The van der Waals surface area contributed by atoms with Gasteiger partial charge in [-0.1, -0.05) is 30.3 Å². The Labute approximate surface area is 113 Å². The van der Waals surface area contributed by atoms with Gasteiger partial charge in [0, 0.05) is 6.07 Å². The molecule has 0 bridgehead atoms. The van der Waals surface area contributed by atoms with E-state index < -0.39 is 0 Å². The zero-order valence-corrected chi connectivity index (χ0v) is 11.0. The fourth-order valence-electron chi connectivity index (χ4n) is 1.90. The lowest BCUT2D eigenvalue weighted by molar-refractivity contribution is 0.312. The van der Waals surface area contributed by atoms with Gasteiger partial charge in [-0.3, -0.25) is 0 Å². The molecule has 0 atom stereocenters. The second-order valence-electron chi connectivity index (χ2n) is 4.58. The Morgan fingerprint density at radius 1 is 1.16 bits per heavy atom. The Bertz CT molecular complexity index is 540. The minimum Gasteiger partial charge on any atom is -0.491 e. The van der Waals surface area contributed by atoms with Crippen LogP contribution in [0, 0.1) is 12.7 Å². The van der Waals surface area contributed by atoms with Crippen molar-refractivity contribution in [3.63, 3.8) is 0 Å². The summed E-state index contributed by atoms with van der Waals surface area (Å²) in [5.41, 5.74) is 7.90. The van der Waals surface area contributed by atoms with Gasteiger partial charge in [-0.05, 0) is 37.0 Å². The summed E-state index contributed by atoms with van der Waals surface area (Å²) in [6.45, 7) is 2.27. The lowest BCUT2D eigenvalue weighted by Crippen LogP contribution is -2.03. The zero-order chi connectivity index (χ0) is 13.7. The maximum atomic E-state index is 13.2. The highest BCUT2D eigenvalue weighted by atomic mass is 19.1. The molecule has 0 saturated heterocycles. The lowest BCUT2D eigenvalue weighted by Gasteiger charge is -2.10. The molecule has 100 valence electrons. The first kappa shape index (κ1) is 13.4. The number of ether oxygens (including phenoxy) is 1. The zero-order valence-electron chi connectivity index (χ0n) is 11.0. The number of nitrogen functional groups attached to an aromatic ring is 1. The first-order valence-corrected chi connectivity index (χ1v) is 6.39. The molecular formula is C16H18FNO. The van der Waals surface area contributed by atoms with Crippen LogP contribution in [-0.4, -0.2) is 6.61 Å². The Kier molecular flexibility index (Phi) is 4.39. The van der Waals surface area contributed by atoms with Gasteiger partial charge in [0.25, 0.3) is 0 Å². The van der Waals surface area contributed by atoms with Crippen molar-refractivity contribution in [2.75, 3.05) is 12.3 Å². The van der Waals surface area contributed by atoms with Gasteiger partial charge >= 0.3 is 0 Å². The van der Waals surface area contributed by atoms with Crippen molar-refractivity contribution < 1.29 is 9.13 Å². The highest BCUT2D eigenvalue weighted by Crippen LogP contribution is 2.25. The van der Waals surface area contributed by atoms with Gasteiger partial charge < -0.3 is 10.5 Å². The summed E-state index contributed by atoms with van der Waals surface area (Å²) in [7, 11) is 0. The van der Waals surface area contributed by atoms with E-state index in [9.17, 15) is 4.39 Å². The largest absolute Gasteiger partial charge is 0.491 e. The summed E-state index contributed by atoms with van der Waals surface area (Å²) in [5, 5.41) is 0. The molecule has 0 aliphatic rings. The van der Waals surface area contributed by atoms with Crippen molar-refractivity contribution >= 4 is 5.69 Å². The van der Waals surface area contributed by atoms with Crippen molar-refractivity contribution in [2.45, 2.75) is 19.8 Å². The number of rotatable bonds is 5. The van der Waals surface area contributed by atoms with E-state index in [2.05, 4.69) is 12.1 Å². The lowest BCUT2D eigenvalue weighted by atomic mass is 10.1. The van der Waals surface area contributed by atoms with Crippen LogP contribution in [-0.2, 0) is 6.42 Å². The summed E-state index contributed by atoms with van der Waals surface area (Å²) in [4.78, 5) is 0. The summed E-state index contributed by atoms with van der Waals surface area (Å²) in [6, 6.07) is 13.2. The second-order valence-corrected chi connectivity index (χ2v) is 4.58. The van der Waals surface area contributed by atoms with Crippen LogP contribution < -0.4 is 10.5 Å². The van der Waals surface area contributed by atoms with E-state index in [1.54, 1.807) is 13.0 Å². The Morgan fingerprint density at radius 2 is 1.89 bits per heavy atom. The molecule has 0 aliphatic heterocycles. The third-order valence-corrected chi connectivity index (χ3v) is 3.00. The molecule has 2 aromatic carbocycles. The maximum Gasteiger partial charge on any atom is 0.142 e. The standard InChI is InChI=1S/C16H18FNO/c1-12-10-16(15(18)11-14(12)17)19-9-5-8-13-6-3-2-4-7-13/h2-4,6-7,10-11H,5,8-9,18H2,1H3. The van der Waals surface area contributed by atoms with Gasteiger partial charge in [-0.15, -0.1) is 0 Å². The van der Waals surface area contributed by atoms with Gasteiger partial charge in [0.05, 0.1) is 12.3 Å². The van der Waals surface area contributed by atoms with Crippen molar-refractivity contribution in [1.82, 2.24) is 0 Å². The van der Waals surface area contributed by atoms with Gasteiger partial charge in [0.15, 0.2) is 0 Å². The van der Waals surface area contributed by atoms with Gasteiger partial charge in [-0.2, -0.15) is 0 Å². The molecule has 0 fully saturated rings. The molecule has 0 unspecified atom stereocenters.